The monoisotopic (exact) mass is 222 g/mol. The van der Waals surface area contributed by atoms with Crippen LogP contribution in [0.2, 0.25) is 0 Å². The Kier molecular flexibility index (Phi) is 4.05. The first-order valence-electron chi connectivity index (χ1n) is 5.48. The van der Waals surface area contributed by atoms with Crippen molar-refractivity contribution >= 4 is 5.69 Å². The molecule has 0 spiro atoms. The molecule has 1 N–H and O–H groups in total. The molecule has 0 aromatic carbocycles. The van der Waals surface area contributed by atoms with Gasteiger partial charge in [0.2, 0.25) is 0 Å². The number of aromatic nitrogens is 1. The zero-order valence-electron chi connectivity index (χ0n) is 10.4. The van der Waals surface area contributed by atoms with Gasteiger partial charge >= 0.3 is 0 Å². The van der Waals surface area contributed by atoms with Crippen molar-refractivity contribution in [2.75, 3.05) is 5.32 Å². The van der Waals surface area contributed by atoms with Crippen molar-refractivity contribution in [3.8, 4) is 0 Å². The first kappa shape index (κ1) is 12.7. The molecule has 0 atom stereocenters. The van der Waals surface area contributed by atoms with E-state index in [9.17, 15) is 4.39 Å². The van der Waals surface area contributed by atoms with Gasteiger partial charge in [0, 0.05) is 11.3 Å². The van der Waals surface area contributed by atoms with Crippen LogP contribution in [0.15, 0.2) is 18.5 Å². The fourth-order valence-electron chi connectivity index (χ4n) is 1.62. The maximum Gasteiger partial charge on any atom is 0.146 e. The Bertz CT molecular complexity index is 397. The van der Waals surface area contributed by atoms with Crippen molar-refractivity contribution < 1.29 is 4.39 Å². The quantitative estimate of drug-likeness (QED) is 0.840. The highest BCUT2D eigenvalue weighted by Gasteiger charge is 2.13. The molecule has 88 valence electrons. The van der Waals surface area contributed by atoms with Crippen molar-refractivity contribution in [2.24, 2.45) is 5.92 Å². The number of aryl methyl sites for hydroxylation is 1. The summed E-state index contributed by atoms with van der Waals surface area (Å²) in [6.07, 6.45) is 1.99. The maximum atomic E-state index is 13.7. The molecule has 0 aliphatic rings. The molecule has 0 aliphatic heterocycles. The van der Waals surface area contributed by atoms with Crippen LogP contribution >= 0.6 is 0 Å². The second-order valence-electron chi connectivity index (χ2n) is 4.55. The van der Waals surface area contributed by atoms with Gasteiger partial charge in [-0.15, -0.1) is 0 Å². The molecule has 0 fully saturated rings. The number of nitrogens with one attached hydrogen (secondary N) is 1. The SMILES string of the molecule is C=C(C)Nc1c(C)ncc(F)c1CC(C)C. The number of hydrogen-bond donors (Lipinski definition) is 1. The zero-order valence-corrected chi connectivity index (χ0v) is 10.4. The molecule has 2 nitrogen and oxygen atoms in total. The predicted molar refractivity (Wildman–Crippen MR) is 65.9 cm³/mol. The van der Waals surface area contributed by atoms with Crippen LogP contribution in [-0.4, -0.2) is 4.98 Å². The lowest BCUT2D eigenvalue weighted by Gasteiger charge is -2.16. The van der Waals surface area contributed by atoms with Crippen molar-refractivity contribution in [1.82, 2.24) is 4.98 Å². The second kappa shape index (κ2) is 5.10. The van der Waals surface area contributed by atoms with Gasteiger partial charge in [0.15, 0.2) is 0 Å². The van der Waals surface area contributed by atoms with Crippen molar-refractivity contribution in [2.45, 2.75) is 34.1 Å². The molecule has 16 heavy (non-hydrogen) atoms. The van der Waals surface area contributed by atoms with Crippen LogP contribution in [0.4, 0.5) is 10.1 Å². The fourth-order valence-corrected chi connectivity index (χ4v) is 1.62. The largest absolute Gasteiger partial charge is 0.358 e. The minimum absolute atomic E-state index is 0.247. The van der Waals surface area contributed by atoms with Gasteiger partial charge in [-0.1, -0.05) is 20.4 Å². The topological polar surface area (TPSA) is 24.9 Å². The van der Waals surface area contributed by atoms with E-state index in [2.05, 4.69) is 30.7 Å². The van der Waals surface area contributed by atoms with E-state index in [1.165, 1.54) is 6.20 Å². The molecule has 1 aromatic heterocycles. The molecule has 1 heterocycles. The molecular formula is C13H19FN2. The minimum atomic E-state index is -0.247. The average molecular weight is 222 g/mol. The first-order valence-corrected chi connectivity index (χ1v) is 5.48. The summed E-state index contributed by atoms with van der Waals surface area (Å²) in [5.74, 6) is 0.157. The highest BCUT2D eigenvalue weighted by molar-refractivity contribution is 5.57. The molecular weight excluding hydrogens is 203 g/mol. The number of rotatable bonds is 4. The van der Waals surface area contributed by atoms with Crippen LogP contribution in [0.3, 0.4) is 0 Å². The third-order valence-electron chi connectivity index (χ3n) is 2.27. The van der Waals surface area contributed by atoms with Gasteiger partial charge in [-0.05, 0) is 26.2 Å². The van der Waals surface area contributed by atoms with Crippen molar-refractivity contribution in [1.29, 1.82) is 0 Å². The molecule has 0 aliphatic carbocycles. The summed E-state index contributed by atoms with van der Waals surface area (Å²) in [5, 5.41) is 3.09. The van der Waals surface area contributed by atoms with E-state index >= 15 is 0 Å². The molecule has 0 radical (unpaired) electrons. The summed E-state index contributed by atoms with van der Waals surface area (Å²) in [5.41, 5.74) is 3.06. The molecule has 0 unspecified atom stereocenters. The summed E-state index contributed by atoms with van der Waals surface area (Å²) < 4.78 is 13.7. The van der Waals surface area contributed by atoms with E-state index in [1.807, 2.05) is 13.8 Å². The predicted octanol–water partition coefficient (Wildman–Crippen LogP) is 3.67. The summed E-state index contributed by atoms with van der Waals surface area (Å²) in [4.78, 5) is 4.02. The smallest absolute Gasteiger partial charge is 0.146 e. The summed E-state index contributed by atoms with van der Waals surface area (Å²) >= 11 is 0. The summed E-state index contributed by atoms with van der Waals surface area (Å²) in [6.45, 7) is 11.6. The lowest BCUT2D eigenvalue weighted by molar-refractivity contribution is 0.569. The van der Waals surface area contributed by atoms with Crippen LogP contribution in [-0.2, 0) is 6.42 Å². The standard InChI is InChI=1S/C13H19FN2/c1-8(2)6-11-12(14)7-15-10(5)13(11)16-9(3)4/h7-8,16H,3,6H2,1-2,4-5H3. The minimum Gasteiger partial charge on any atom is -0.358 e. The summed E-state index contributed by atoms with van der Waals surface area (Å²) in [7, 11) is 0. The molecule has 3 heteroatoms. The number of anilines is 1. The van der Waals surface area contributed by atoms with Crippen molar-refractivity contribution in [3.63, 3.8) is 0 Å². The highest BCUT2D eigenvalue weighted by atomic mass is 19.1. The Balaban J connectivity index is 3.19. The van der Waals surface area contributed by atoms with Crippen LogP contribution in [0.1, 0.15) is 32.0 Å². The molecule has 1 aromatic rings. The Morgan fingerprint density at radius 2 is 2.19 bits per heavy atom. The van der Waals surface area contributed by atoms with E-state index in [-0.39, 0.29) is 5.82 Å². The molecule has 0 amide bonds. The average Bonchev–Trinajstić information content (AvgIpc) is 2.16. The van der Waals surface area contributed by atoms with Gasteiger partial charge in [0.1, 0.15) is 5.82 Å². The van der Waals surface area contributed by atoms with Gasteiger partial charge in [0.25, 0.3) is 0 Å². The van der Waals surface area contributed by atoms with Gasteiger partial charge in [0.05, 0.1) is 17.6 Å². The van der Waals surface area contributed by atoms with Gasteiger partial charge in [-0.2, -0.15) is 0 Å². The van der Waals surface area contributed by atoms with Gasteiger partial charge < -0.3 is 5.32 Å². The number of allylic oxidation sites excluding steroid dienone is 1. The summed E-state index contributed by atoms with van der Waals surface area (Å²) in [6, 6.07) is 0. The normalized spacial score (nSPS) is 10.6. The van der Waals surface area contributed by atoms with E-state index < -0.39 is 0 Å². The number of halogens is 1. The lowest BCUT2D eigenvalue weighted by Crippen LogP contribution is -2.08. The molecule has 0 saturated heterocycles. The lowest BCUT2D eigenvalue weighted by atomic mass is 10.0. The number of nitrogens with zero attached hydrogens (tertiary/aromatic N) is 1. The van der Waals surface area contributed by atoms with E-state index in [1.54, 1.807) is 0 Å². The van der Waals surface area contributed by atoms with E-state index in [4.69, 9.17) is 0 Å². The van der Waals surface area contributed by atoms with Gasteiger partial charge in [-0.3, -0.25) is 4.98 Å². The fraction of sp³-hybridized carbons (Fsp3) is 0.462. The van der Waals surface area contributed by atoms with E-state index in [0.29, 0.717) is 17.9 Å². The maximum absolute atomic E-state index is 13.7. The number of hydrogen-bond acceptors (Lipinski definition) is 2. The Morgan fingerprint density at radius 3 is 2.69 bits per heavy atom. The second-order valence-corrected chi connectivity index (χ2v) is 4.55. The highest BCUT2D eigenvalue weighted by Crippen LogP contribution is 2.25. The first-order chi connectivity index (χ1) is 7.41. The molecule has 0 saturated carbocycles. The molecule has 1 rings (SSSR count). The Hall–Kier alpha value is -1.38. The van der Waals surface area contributed by atoms with Gasteiger partial charge in [-0.25, -0.2) is 4.39 Å². The van der Waals surface area contributed by atoms with Crippen LogP contribution in [0.5, 0.6) is 0 Å². The molecule has 0 bridgehead atoms. The van der Waals surface area contributed by atoms with Crippen molar-refractivity contribution in [3.05, 3.63) is 35.5 Å². The third kappa shape index (κ3) is 3.05. The third-order valence-corrected chi connectivity index (χ3v) is 2.27. The Labute approximate surface area is 96.6 Å². The van der Waals surface area contributed by atoms with E-state index in [0.717, 1.165) is 17.1 Å². The zero-order chi connectivity index (χ0) is 12.3. The number of pyridine rings is 1. The van der Waals surface area contributed by atoms with Crippen LogP contribution in [0.25, 0.3) is 0 Å². The van der Waals surface area contributed by atoms with Crippen LogP contribution in [0, 0.1) is 18.7 Å². The van der Waals surface area contributed by atoms with Crippen LogP contribution < -0.4 is 5.32 Å². The Morgan fingerprint density at radius 1 is 1.56 bits per heavy atom.